The summed E-state index contributed by atoms with van der Waals surface area (Å²) >= 11 is 1.52. The number of carbonyl (C=O) groups is 1. The van der Waals surface area contributed by atoms with Crippen LogP contribution in [0.25, 0.3) is 0 Å². The molecule has 0 spiro atoms. The van der Waals surface area contributed by atoms with Gasteiger partial charge in [-0.1, -0.05) is 37.3 Å². The van der Waals surface area contributed by atoms with E-state index in [9.17, 15) is 9.18 Å². The van der Waals surface area contributed by atoms with Gasteiger partial charge < -0.3 is 5.32 Å². The predicted molar refractivity (Wildman–Crippen MR) is 91.7 cm³/mol. The van der Waals surface area contributed by atoms with E-state index in [1.165, 1.54) is 23.9 Å². The third-order valence-corrected chi connectivity index (χ3v) is 4.42. The lowest BCUT2D eigenvalue weighted by molar-refractivity contribution is -0.113. The zero-order chi connectivity index (χ0) is 15.9. The molecule has 0 heterocycles. The Morgan fingerprint density at radius 1 is 1.18 bits per heavy atom. The monoisotopic (exact) mass is 317 g/mol. The van der Waals surface area contributed by atoms with Crippen molar-refractivity contribution in [3.8, 4) is 0 Å². The second-order valence-corrected chi connectivity index (χ2v) is 6.12. The number of nitrogens with one attached hydrogen (secondary N) is 1. The summed E-state index contributed by atoms with van der Waals surface area (Å²) in [7, 11) is 0. The van der Waals surface area contributed by atoms with Crippen LogP contribution in [0, 0.1) is 12.7 Å². The minimum atomic E-state index is -0.238. The van der Waals surface area contributed by atoms with Gasteiger partial charge in [0.1, 0.15) is 5.82 Å². The molecule has 22 heavy (non-hydrogen) atoms. The van der Waals surface area contributed by atoms with Crippen LogP contribution in [0.2, 0.25) is 0 Å². The van der Waals surface area contributed by atoms with Gasteiger partial charge in [-0.25, -0.2) is 4.39 Å². The lowest BCUT2D eigenvalue weighted by Crippen LogP contribution is -2.16. The number of rotatable bonds is 6. The van der Waals surface area contributed by atoms with Crippen LogP contribution in [-0.4, -0.2) is 11.7 Å². The third kappa shape index (κ3) is 4.60. The number of amides is 1. The number of thioether (sulfide) groups is 1. The molecule has 0 saturated heterocycles. The van der Waals surface area contributed by atoms with Crippen LogP contribution in [0.15, 0.2) is 42.5 Å². The van der Waals surface area contributed by atoms with Crippen LogP contribution in [-0.2, 0) is 17.0 Å². The zero-order valence-electron chi connectivity index (χ0n) is 12.9. The number of aryl methyl sites for hydroxylation is 2. The number of anilines is 1. The van der Waals surface area contributed by atoms with E-state index in [1.807, 2.05) is 25.1 Å². The highest BCUT2D eigenvalue weighted by Gasteiger charge is 2.08. The average molecular weight is 317 g/mol. The molecule has 2 rings (SSSR count). The molecule has 1 amide bonds. The highest BCUT2D eigenvalue weighted by Crippen LogP contribution is 2.21. The van der Waals surface area contributed by atoms with Crippen LogP contribution in [0.4, 0.5) is 10.1 Å². The Kier molecular flexibility index (Phi) is 6.01. The van der Waals surface area contributed by atoms with Gasteiger partial charge in [0.2, 0.25) is 5.91 Å². The zero-order valence-corrected chi connectivity index (χ0v) is 13.7. The van der Waals surface area contributed by atoms with Crippen molar-refractivity contribution < 1.29 is 9.18 Å². The Balaban J connectivity index is 1.87. The fourth-order valence-corrected chi connectivity index (χ4v) is 3.01. The second-order valence-electron chi connectivity index (χ2n) is 5.13. The molecule has 1 N–H and O–H groups in total. The summed E-state index contributed by atoms with van der Waals surface area (Å²) in [6.07, 6.45) is 0.889. The molecular formula is C18H20FNOS. The molecule has 116 valence electrons. The van der Waals surface area contributed by atoms with E-state index < -0.39 is 0 Å². The summed E-state index contributed by atoms with van der Waals surface area (Å²) in [5, 5.41) is 3.01. The van der Waals surface area contributed by atoms with Crippen LogP contribution in [0.3, 0.4) is 0 Å². The van der Waals surface area contributed by atoms with Gasteiger partial charge in [0, 0.05) is 11.4 Å². The van der Waals surface area contributed by atoms with Crippen molar-refractivity contribution >= 4 is 23.4 Å². The first-order chi connectivity index (χ1) is 10.6. The van der Waals surface area contributed by atoms with Gasteiger partial charge >= 0.3 is 0 Å². The summed E-state index contributed by atoms with van der Waals surface area (Å²) in [5.74, 6) is 0.839. The number of hydrogen-bond acceptors (Lipinski definition) is 2. The van der Waals surface area contributed by atoms with Gasteiger partial charge in [-0.05, 0) is 42.2 Å². The normalized spacial score (nSPS) is 10.5. The van der Waals surface area contributed by atoms with E-state index >= 15 is 0 Å². The van der Waals surface area contributed by atoms with Crippen molar-refractivity contribution in [2.75, 3.05) is 11.1 Å². The van der Waals surface area contributed by atoms with Crippen molar-refractivity contribution in [2.45, 2.75) is 26.0 Å². The van der Waals surface area contributed by atoms with E-state index in [0.717, 1.165) is 28.8 Å². The predicted octanol–water partition coefficient (Wildman–Crippen LogP) is 4.57. The van der Waals surface area contributed by atoms with Gasteiger partial charge in [-0.2, -0.15) is 0 Å². The van der Waals surface area contributed by atoms with E-state index in [1.54, 1.807) is 12.1 Å². The van der Waals surface area contributed by atoms with Crippen molar-refractivity contribution in [3.05, 3.63) is 65.0 Å². The van der Waals surface area contributed by atoms with Gasteiger partial charge in [-0.15, -0.1) is 11.8 Å². The first-order valence-electron chi connectivity index (χ1n) is 7.30. The molecule has 4 heteroatoms. The Morgan fingerprint density at radius 3 is 2.59 bits per heavy atom. The molecule has 0 atom stereocenters. The standard InChI is InChI=1S/C18H20FNOS/c1-3-15-6-4-5-13(2)18(15)20-17(21)12-22-11-14-7-9-16(19)10-8-14/h4-10H,3,11-12H2,1-2H3,(H,20,21). The van der Waals surface area contributed by atoms with Gasteiger partial charge in [0.15, 0.2) is 0 Å². The fourth-order valence-electron chi connectivity index (χ4n) is 2.22. The van der Waals surface area contributed by atoms with Gasteiger partial charge in [-0.3, -0.25) is 4.79 Å². The molecule has 0 aliphatic rings. The first-order valence-corrected chi connectivity index (χ1v) is 8.46. The lowest BCUT2D eigenvalue weighted by atomic mass is 10.1. The Hall–Kier alpha value is -1.81. The Labute approximate surface area is 135 Å². The summed E-state index contributed by atoms with van der Waals surface area (Å²) in [6.45, 7) is 4.08. The van der Waals surface area contributed by atoms with Gasteiger partial charge in [0.05, 0.1) is 5.75 Å². The largest absolute Gasteiger partial charge is 0.325 e. The van der Waals surface area contributed by atoms with Crippen LogP contribution < -0.4 is 5.32 Å². The molecule has 0 bridgehead atoms. The molecule has 0 aliphatic carbocycles. The second kappa shape index (κ2) is 7.99. The summed E-state index contributed by atoms with van der Waals surface area (Å²) < 4.78 is 12.8. The van der Waals surface area contributed by atoms with E-state index in [4.69, 9.17) is 0 Å². The first kappa shape index (κ1) is 16.6. The van der Waals surface area contributed by atoms with Crippen molar-refractivity contribution in [3.63, 3.8) is 0 Å². The maximum atomic E-state index is 12.8. The molecule has 0 fully saturated rings. The van der Waals surface area contributed by atoms with E-state index in [0.29, 0.717) is 11.5 Å². The minimum absolute atomic E-state index is 0.00360. The maximum Gasteiger partial charge on any atom is 0.234 e. The highest BCUT2D eigenvalue weighted by molar-refractivity contribution is 7.99. The smallest absolute Gasteiger partial charge is 0.234 e. The molecule has 0 radical (unpaired) electrons. The Morgan fingerprint density at radius 2 is 1.91 bits per heavy atom. The van der Waals surface area contributed by atoms with Crippen LogP contribution >= 0.6 is 11.8 Å². The third-order valence-electron chi connectivity index (χ3n) is 3.42. The van der Waals surface area contributed by atoms with Crippen molar-refractivity contribution in [2.24, 2.45) is 0 Å². The maximum absolute atomic E-state index is 12.8. The number of hydrogen-bond donors (Lipinski definition) is 1. The topological polar surface area (TPSA) is 29.1 Å². The minimum Gasteiger partial charge on any atom is -0.325 e. The Bertz CT molecular complexity index is 640. The van der Waals surface area contributed by atoms with Gasteiger partial charge in [0.25, 0.3) is 0 Å². The molecule has 2 nitrogen and oxygen atoms in total. The summed E-state index contributed by atoms with van der Waals surface area (Å²) in [5.41, 5.74) is 4.18. The summed E-state index contributed by atoms with van der Waals surface area (Å²) in [4.78, 5) is 12.1. The molecule has 0 saturated carbocycles. The molecule has 0 unspecified atom stereocenters. The molecule has 0 aliphatic heterocycles. The van der Waals surface area contributed by atoms with Crippen molar-refractivity contribution in [1.29, 1.82) is 0 Å². The van der Waals surface area contributed by atoms with Crippen LogP contribution in [0.1, 0.15) is 23.6 Å². The van der Waals surface area contributed by atoms with Crippen molar-refractivity contribution in [1.82, 2.24) is 0 Å². The molecular weight excluding hydrogens is 297 g/mol. The number of halogens is 1. The SMILES string of the molecule is CCc1cccc(C)c1NC(=O)CSCc1ccc(F)cc1. The number of para-hydroxylation sites is 1. The molecule has 0 aromatic heterocycles. The fraction of sp³-hybridized carbons (Fsp3) is 0.278. The summed E-state index contributed by atoms with van der Waals surface area (Å²) in [6, 6.07) is 12.4. The number of carbonyl (C=O) groups excluding carboxylic acids is 1. The number of benzene rings is 2. The van der Waals surface area contributed by atoms with E-state index in [2.05, 4.69) is 12.2 Å². The lowest BCUT2D eigenvalue weighted by Gasteiger charge is -2.12. The average Bonchev–Trinajstić information content (AvgIpc) is 2.51. The highest BCUT2D eigenvalue weighted by atomic mass is 32.2. The quantitative estimate of drug-likeness (QED) is 0.845. The van der Waals surface area contributed by atoms with E-state index in [-0.39, 0.29) is 11.7 Å². The molecule has 2 aromatic rings. The molecule has 2 aromatic carbocycles. The van der Waals surface area contributed by atoms with Crippen LogP contribution in [0.5, 0.6) is 0 Å².